The van der Waals surface area contributed by atoms with Gasteiger partial charge in [0.1, 0.15) is 0 Å². The Labute approximate surface area is 136 Å². The van der Waals surface area contributed by atoms with Gasteiger partial charge in [0.2, 0.25) is 0 Å². The normalized spacial score (nSPS) is 3.43. The molecule has 2 N–H and O–H groups in total. The van der Waals surface area contributed by atoms with E-state index in [1.54, 1.807) is 0 Å². The molecule has 0 spiro atoms. The average Bonchev–Trinajstić information content (AvgIpc) is 0.811. The van der Waals surface area contributed by atoms with E-state index in [1.807, 2.05) is 0 Å². The first-order chi connectivity index (χ1) is 1.73. The third-order valence-electron chi connectivity index (χ3n) is 0. The Hall–Kier alpha value is 3.21. The van der Waals surface area contributed by atoms with E-state index < -0.39 is 6.16 Å². The molecule has 0 unspecified atom stereocenters. The maximum Gasteiger partial charge on any atom is 0.503 e. The summed E-state index contributed by atoms with van der Waals surface area (Å²) in [6, 6.07) is 0. The fraction of sp³-hybridized carbons (Fsp3) is 0. The van der Waals surface area contributed by atoms with Crippen LogP contribution in [0.25, 0.3) is 0 Å². The monoisotopic (exact) mass is 482 g/mol. The quantitative estimate of drug-likeness (QED) is 0.520. The van der Waals surface area contributed by atoms with Crippen molar-refractivity contribution in [2.45, 2.75) is 0 Å². The summed E-state index contributed by atoms with van der Waals surface area (Å²) < 4.78 is 0. The van der Waals surface area contributed by atoms with Crippen LogP contribution in [0.15, 0.2) is 0 Å². The van der Waals surface area contributed by atoms with Gasteiger partial charge < -0.3 is 10.2 Å². The van der Waals surface area contributed by atoms with Crippen LogP contribution in [0.5, 0.6) is 0 Å². The Balaban J connectivity index is -0.0000000150. The molecule has 0 aromatic heterocycles. The number of rotatable bonds is 0. The zero-order valence-electron chi connectivity index (χ0n) is 3.46. The van der Waals surface area contributed by atoms with Crippen molar-refractivity contribution in [2.24, 2.45) is 0 Å². The van der Waals surface area contributed by atoms with E-state index in [-0.39, 0.29) is 119 Å². The number of hydrogen-bond donors (Lipinski definition) is 2. The molecule has 0 fully saturated rings. The summed E-state index contributed by atoms with van der Waals surface area (Å²) >= 11 is 0. The molecule has 0 aliphatic rings. The standard InChI is InChI=1S/CH2O3.Ce.La.Pr/c2-1(3)4;;;/h(H2,2,3,4);;;. The smallest absolute Gasteiger partial charge is 0.450 e. The first-order valence-electron chi connectivity index (χ1n) is 0.651. The number of hydrogen-bond acceptors (Lipinski definition) is 1. The van der Waals surface area contributed by atoms with Crippen molar-refractivity contribution in [1.29, 1.82) is 0 Å². The second kappa shape index (κ2) is 16.1. The van der Waals surface area contributed by atoms with Gasteiger partial charge in [-0.3, -0.25) is 0 Å². The molecular weight excluding hydrogens is 480 g/mol. The summed E-state index contributed by atoms with van der Waals surface area (Å²) in [5.41, 5.74) is 0. The molecule has 0 amide bonds. The molecule has 0 aromatic rings. The molecule has 0 rings (SSSR count). The Kier molecular flexibility index (Phi) is 51.6. The predicted molar refractivity (Wildman–Crippen MR) is 10.7 cm³/mol. The van der Waals surface area contributed by atoms with E-state index in [0.29, 0.717) is 0 Å². The van der Waals surface area contributed by atoms with Crippen molar-refractivity contribution < 1.29 is 134 Å². The molecule has 0 aliphatic heterocycles. The maximum absolute atomic E-state index is 8.56. The summed E-state index contributed by atoms with van der Waals surface area (Å²) in [7, 11) is 0. The number of carbonyl (C=O) groups is 1. The van der Waals surface area contributed by atoms with Crippen LogP contribution >= 0.6 is 0 Å². The van der Waals surface area contributed by atoms with E-state index in [4.69, 9.17) is 15.0 Å². The Morgan fingerprint density at radius 2 is 1.29 bits per heavy atom. The summed E-state index contributed by atoms with van der Waals surface area (Å²) in [6.07, 6.45) is -1.83. The van der Waals surface area contributed by atoms with Crippen molar-refractivity contribution in [2.75, 3.05) is 0 Å². The van der Waals surface area contributed by atoms with Gasteiger partial charge in [0.15, 0.2) is 0 Å². The van der Waals surface area contributed by atoms with Crippen molar-refractivity contribution >= 4 is 6.16 Å². The third kappa shape index (κ3) is 46.5. The van der Waals surface area contributed by atoms with E-state index in [1.165, 1.54) is 0 Å². The summed E-state index contributed by atoms with van der Waals surface area (Å²) in [5, 5.41) is 13.9. The van der Waals surface area contributed by atoms with Gasteiger partial charge >= 0.3 is 6.16 Å². The molecule has 0 atom stereocenters. The zero-order chi connectivity index (χ0) is 3.58. The fourth-order valence-electron chi connectivity index (χ4n) is 0. The van der Waals surface area contributed by atoms with Gasteiger partial charge in [0.05, 0.1) is 0 Å². The maximum atomic E-state index is 8.56. The predicted octanol–water partition coefficient (Wildman–Crippen LogP) is 0.222. The molecule has 6 heteroatoms. The van der Waals surface area contributed by atoms with Crippen molar-refractivity contribution in [1.82, 2.24) is 0 Å². The minimum Gasteiger partial charge on any atom is -0.450 e. The van der Waals surface area contributed by atoms with Gasteiger partial charge in [-0.05, 0) is 0 Å². The van der Waals surface area contributed by atoms with E-state index in [0.717, 1.165) is 0 Å². The second-order valence-electron chi connectivity index (χ2n) is 0.283. The first kappa shape index (κ1) is 22.5. The molecule has 0 saturated heterocycles. The fourth-order valence-corrected chi connectivity index (χ4v) is 0. The van der Waals surface area contributed by atoms with Crippen LogP contribution in [-0.4, -0.2) is 16.4 Å². The van der Waals surface area contributed by atoms with Crippen LogP contribution in [0.2, 0.25) is 0 Å². The molecular formula is CH2CeLaO3Pr. The van der Waals surface area contributed by atoms with Gasteiger partial charge in [-0.25, -0.2) is 4.79 Å². The Morgan fingerprint density at radius 1 is 1.29 bits per heavy atom. The summed E-state index contributed by atoms with van der Waals surface area (Å²) in [6.45, 7) is 0. The van der Waals surface area contributed by atoms with Gasteiger partial charge in [-0.15, -0.1) is 0 Å². The first-order valence-corrected chi connectivity index (χ1v) is 0.651. The van der Waals surface area contributed by atoms with E-state index in [2.05, 4.69) is 0 Å². The van der Waals surface area contributed by atoms with Gasteiger partial charge in [-0.1, -0.05) is 0 Å². The minimum atomic E-state index is -1.83. The molecule has 0 bridgehead atoms. The molecule has 2 radical (unpaired) electrons. The van der Waals surface area contributed by atoms with E-state index in [9.17, 15) is 0 Å². The van der Waals surface area contributed by atoms with Crippen LogP contribution in [0.4, 0.5) is 4.79 Å². The van der Waals surface area contributed by atoms with Crippen LogP contribution in [0.1, 0.15) is 0 Å². The van der Waals surface area contributed by atoms with E-state index >= 15 is 0 Å². The van der Waals surface area contributed by atoms with Crippen molar-refractivity contribution in [3.8, 4) is 0 Å². The largest absolute Gasteiger partial charge is 0.503 e. The Morgan fingerprint density at radius 3 is 1.29 bits per heavy atom. The van der Waals surface area contributed by atoms with Gasteiger partial charge in [-0.2, -0.15) is 0 Å². The zero-order valence-corrected chi connectivity index (χ0v) is 13.9. The van der Waals surface area contributed by atoms with Gasteiger partial charge in [0.25, 0.3) is 0 Å². The number of carboxylic acid groups (broad SMARTS) is 2. The minimum absolute atomic E-state index is 0. The summed E-state index contributed by atoms with van der Waals surface area (Å²) in [4.78, 5) is 8.56. The molecule has 0 saturated carbocycles. The molecule has 34 valence electrons. The Bertz CT molecular complexity index is 37.9. The van der Waals surface area contributed by atoms with Crippen LogP contribution in [0.3, 0.4) is 0 Å². The van der Waals surface area contributed by atoms with Crippen LogP contribution in [-0.2, 0) is 0 Å². The molecule has 7 heavy (non-hydrogen) atoms. The molecule has 3 nitrogen and oxygen atoms in total. The summed E-state index contributed by atoms with van der Waals surface area (Å²) in [5.74, 6) is 0. The topological polar surface area (TPSA) is 57.5 Å². The second-order valence-corrected chi connectivity index (χ2v) is 0.283. The average molecular weight is 482 g/mol. The van der Waals surface area contributed by atoms with Crippen molar-refractivity contribution in [3.05, 3.63) is 0 Å². The molecule has 0 heterocycles. The molecule has 0 aliphatic carbocycles. The van der Waals surface area contributed by atoms with Crippen LogP contribution < -0.4 is 0 Å². The van der Waals surface area contributed by atoms with Crippen molar-refractivity contribution in [3.63, 3.8) is 0 Å². The molecule has 0 aromatic carbocycles. The van der Waals surface area contributed by atoms with Gasteiger partial charge in [0, 0.05) is 119 Å². The third-order valence-corrected chi connectivity index (χ3v) is 0. The van der Waals surface area contributed by atoms with Crippen LogP contribution in [0, 0.1) is 119 Å². The SMILES string of the molecule is O=C(O)O.[Ce].[La].[Pr].